The van der Waals surface area contributed by atoms with E-state index >= 15 is 0 Å². The van der Waals surface area contributed by atoms with Gasteiger partial charge in [0.15, 0.2) is 4.77 Å². The van der Waals surface area contributed by atoms with Crippen molar-refractivity contribution in [3.63, 3.8) is 0 Å². The summed E-state index contributed by atoms with van der Waals surface area (Å²) >= 11 is 6.69. The van der Waals surface area contributed by atoms with E-state index in [1.165, 1.54) is 16.7 Å². The summed E-state index contributed by atoms with van der Waals surface area (Å²) in [4.78, 5) is 16.2. The summed E-state index contributed by atoms with van der Waals surface area (Å²) in [5.74, 6) is -0.469. The molecule has 2 heterocycles. The van der Waals surface area contributed by atoms with Gasteiger partial charge in [0.1, 0.15) is 5.82 Å². The topological polar surface area (TPSA) is 37.8 Å². The first kappa shape index (κ1) is 12.3. The Hall–Kier alpha value is -1.79. The number of nitrogens with one attached hydrogen (secondary N) is 1. The van der Waals surface area contributed by atoms with Crippen LogP contribution in [0.25, 0.3) is 10.9 Å². The minimum atomic E-state index is -0.469. The van der Waals surface area contributed by atoms with Crippen LogP contribution in [0.4, 0.5) is 4.39 Å². The lowest BCUT2D eigenvalue weighted by Gasteiger charge is -2.07. The van der Waals surface area contributed by atoms with Crippen LogP contribution in [0.2, 0.25) is 0 Å². The van der Waals surface area contributed by atoms with Crippen molar-refractivity contribution < 1.29 is 4.39 Å². The van der Waals surface area contributed by atoms with Gasteiger partial charge in [-0.2, -0.15) is 0 Å². The summed E-state index contributed by atoms with van der Waals surface area (Å²) in [5, 5.41) is 2.25. The molecule has 0 saturated carbocycles. The van der Waals surface area contributed by atoms with E-state index in [4.69, 9.17) is 12.2 Å². The van der Waals surface area contributed by atoms with Crippen molar-refractivity contribution in [1.29, 1.82) is 0 Å². The maximum Gasteiger partial charge on any atom is 0.262 e. The molecule has 0 aliphatic heterocycles. The van der Waals surface area contributed by atoms with Crippen LogP contribution in [0.3, 0.4) is 0 Å². The molecule has 0 atom stereocenters. The van der Waals surface area contributed by atoms with Gasteiger partial charge in [-0.15, -0.1) is 11.3 Å². The standard InChI is InChI=1S/C13H9FN2OS2/c14-10-5-1-4-9-11(10)15-13(18)16(12(9)17)7-8-3-2-6-19-8/h1-6H,7H2,(H,15,18). The number of thiophene rings is 1. The third kappa shape index (κ3) is 2.13. The van der Waals surface area contributed by atoms with Gasteiger partial charge in [-0.3, -0.25) is 9.36 Å². The van der Waals surface area contributed by atoms with E-state index < -0.39 is 5.82 Å². The molecule has 0 spiro atoms. The predicted octanol–water partition coefficient (Wildman–Crippen LogP) is 3.31. The van der Waals surface area contributed by atoms with Gasteiger partial charge < -0.3 is 4.98 Å². The molecule has 2 aromatic heterocycles. The number of halogens is 1. The van der Waals surface area contributed by atoms with Crippen molar-refractivity contribution in [2.24, 2.45) is 0 Å². The molecular formula is C13H9FN2OS2. The zero-order chi connectivity index (χ0) is 13.4. The maximum absolute atomic E-state index is 13.6. The first-order valence-corrected chi connectivity index (χ1v) is 6.89. The minimum absolute atomic E-state index is 0.167. The molecule has 0 aliphatic rings. The Balaban J connectivity index is 2.27. The van der Waals surface area contributed by atoms with Gasteiger partial charge >= 0.3 is 0 Å². The fourth-order valence-electron chi connectivity index (χ4n) is 1.94. The number of H-pyrrole nitrogens is 1. The van der Waals surface area contributed by atoms with Gasteiger partial charge in [0.25, 0.3) is 5.56 Å². The van der Waals surface area contributed by atoms with Crippen molar-refractivity contribution in [3.05, 3.63) is 61.5 Å². The average molecular weight is 292 g/mol. The Labute approximate surface area is 117 Å². The summed E-state index contributed by atoms with van der Waals surface area (Å²) in [6.07, 6.45) is 0. The number of aromatic amines is 1. The van der Waals surface area contributed by atoms with Crippen molar-refractivity contribution >= 4 is 34.5 Å². The summed E-state index contributed by atoms with van der Waals surface area (Å²) in [6, 6.07) is 8.26. The lowest BCUT2D eigenvalue weighted by molar-refractivity contribution is 0.633. The highest BCUT2D eigenvalue weighted by atomic mass is 32.1. The number of fused-ring (bicyclic) bond motifs is 1. The van der Waals surface area contributed by atoms with E-state index in [9.17, 15) is 9.18 Å². The van der Waals surface area contributed by atoms with Crippen molar-refractivity contribution in [1.82, 2.24) is 9.55 Å². The van der Waals surface area contributed by atoms with Gasteiger partial charge in [-0.25, -0.2) is 4.39 Å². The quantitative estimate of drug-likeness (QED) is 0.736. The maximum atomic E-state index is 13.6. The lowest BCUT2D eigenvalue weighted by atomic mass is 10.2. The molecule has 0 unspecified atom stereocenters. The summed E-state index contributed by atoms with van der Waals surface area (Å²) in [7, 11) is 0. The Bertz CT molecular complexity index is 849. The van der Waals surface area contributed by atoms with Crippen LogP contribution < -0.4 is 5.56 Å². The van der Waals surface area contributed by atoms with Crippen LogP contribution in [0.15, 0.2) is 40.5 Å². The molecule has 96 valence electrons. The van der Waals surface area contributed by atoms with E-state index in [1.54, 1.807) is 17.4 Å². The van der Waals surface area contributed by atoms with Crippen molar-refractivity contribution in [3.8, 4) is 0 Å². The molecule has 0 radical (unpaired) electrons. The monoisotopic (exact) mass is 292 g/mol. The molecule has 0 amide bonds. The molecule has 3 nitrogen and oxygen atoms in total. The molecule has 0 aliphatic carbocycles. The molecule has 3 rings (SSSR count). The fraction of sp³-hybridized carbons (Fsp3) is 0.0769. The number of nitrogens with zero attached hydrogens (tertiary/aromatic N) is 1. The molecule has 1 aromatic carbocycles. The Morgan fingerprint density at radius 3 is 2.89 bits per heavy atom. The Morgan fingerprint density at radius 2 is 2.16 bits per heavy atom. The third-order valence-corrected chi connectivity index (χ3v) is 4.04. The Kier molecular flexibility index (Phi) is 3.04. The van der Waals surface area contributed by atoms with Gasteiger partial charge in [-0.1, -0.05) is 12.1 Å². The van der Waals surface area contributed by atoms with Gasteiger partial charge in [0.2, 0.25) is 0 Å². The Morgan fingerprint density at radius 1 is 1.32 bits per heavy atom. The minimum Gasteiger partial charge on any atom is -0.329 e. The third-order valence-electron chi connectivity index (χ3n) is 2.86. The van der Waals surface area contributed by atoms with Gasteiger partial charge in [0, 0.05) is 4.88 Å². The molecular weight excluding hydrogens is 283 g/mol. The molecule has 1 N–H and O–H groups in total. The summed E-state index contributed by atoms with van der Waals surface area (Å²) in [5.41, 5.74) is -0.105. The highest BCUT2D eigenvalue weighted by Gasteiger charge is 2.09. The molecule has 19 heavy (non-hydrogen) atoms. The van der Waals surface area contributed by atoms with Crippen LogP contribution in [-0.4, -0.2) is 9.55 Å². The number of hydrogen-bond acceptors (Lipinski definition) is 3. The molecule has 0 bridgehead atoms. The van der Waals surface area contributed by atoms with Crippen molar-refractivity contribution in [2.45, 2.75) is 6.54 Å². The van der Waals surface area contributed by atoms with Gasteiger partial charge in [-0.05, 0) is 35.8 Å². The smallest absolute Gasteiger partial charge is 0.262 e. The van der Waals surface area contributed by atoms with E-state index in [1.807, 2.05) is 17.5 Å². The molecule has 0 fully saturated rings. The average Bonchev–Trinajstić information content (AvgIpc) is 2.89. The first-order valence-electron chi connectivity index (χ1n) is 5.60. The molecule has 3 aromatic rings. The number of hydrogen-bond donors (Lipinski definition) is 1. The number of rotatable bonds is 2. The van der Waals surface area contributed by atoms with Crippen LogP contribution in [0.5, 0.6) is 0 Å². The second kappa shape index (κ2) is 4.71. The molecule has 0 saturated heterocycles. The van der Waals surface area contributed by atoms with Gasteiger partial charge in [0.05, 0.1) is 17.4 Å². The van der Waals surface area contributed by atoms with Crippen LogP contribution in [-0.2, 0) is 6.54 Å². The largest absolute Gasteiger partial charge is 0.329 e. The highest BCUT2D eigenvalue weighted by Crippen LogP contribution is 2.13. The predicted molar refractivity (Wildman–Crippen MR) is 76.8 cm³/mol. The van der Waals surface area contributed by atoms with E-state index in [0.29, 0.717) is 11.9 Å². The second-order valence-corrected chi connectivity index (χ2v) is 5.48. The number of benzene rings is 1. The first-order chi connectivity index (χ1) is 9.16. The fourth-order valence-corrected chi connectivity index (χ4v) is 2.89. The van der Waals surface area contributed by atoms with Crippen LogP contribution >= 0.6 is 23.6 Å². The van der Waals surface area contributed by atoms with E-state index in [0.717, 1.165) is 4.88 Å². The highest BCUT2D eigenvalue weighted by molar-refractivity contribution is 7.71. The van der Waals surface area contributed by atoms with Crippen LogP contribution in [0, 0.1) is 10.6 Å². The van der Waals surface area contributed by atoms with Crippen molar-refractivity contribution in [2.75, 3.05) is 0 Å². The number of para-hydroxylation sites is 1. The molecule has 6 heteroatoms. The zero-order valence-electron chi connectivity index (χ0n) is 9.72. The SMILES string of the molecule is O=c1c2cccc(F)c2[nH]c(=S)n1Cc1cccs1. The van der Waals surface area contributed by atoms with E-state index in [-0.39, 0.29) is 15.8 Å². The summed E-state index contributed by atoms with van der Waals surface area (Å²) < 4.78 is 15.3. The van der Waals surface area contributed by atoms with Crippen LogP contribution in [0.1, 0.15) is 4.88 Å². The zero-order valence-corrected chi connectivity index (χ0v) is 11.4. The van der Waals surface area contributed by atoms with E-state index in [2.05, 4.69) is 4.98 Å². The normalized spacial score (nSPS) is 11.0. The lowest BCUT2D eigenvalue weighted by Crippen LogP contribution is -2.22. The number of aromatic nitrogens is 2. The second-order valence-electron chi connectivity index (χ2n) is 4.06. The summed E-state index contributed by atoms with van der Waals surface area (Å²) in [6.45, 7) is 0.401.